The Hall–Kier alpha value is -2.71. The summed E-state index contributed by atoms with van der Waals surface area (Å²) < 4.78 is 32.5. The number of benzene rings is 2. The van der Waals surface area contributed by atoms with Gasteiger partial charge in [-0.1, -0.05) is 60.7 Å². The Morgan fingerprint density at radius 3 is 2.19 bits per heavy atom. The van der Waals surface area contributed by atoms with E-state index in [4.69, 9.17) is 4.74 Å². The molecule has 1 unspecified atom stereocenters. The third-order valence-corrected chi connectivity index (χ3v) is 5.29. The second kappa shape index (κ2) is 7.67. The number of carbonyl (C=O) groups excluding carboxylic acids is 2. The number of nitrogens with one attached hydrogen (secondary N) is 1. The Bertz CT molecular complexity index is 868. The van der Waals surface area contributed by atoms with E-state index in [9.17, 15) is 18.0 Å². The van der Waals surface area contributed by atoms with Crippen LogP contribution in [-0.2, 0) is 25.3 Å². The Morgan fingerprint density at radius 1 is 1.00 bits per heavy atom. The van der Waals surface area contributed by atoms with Crippen LogP contribution in [0.4, 0.5) is 4.79 Å². The van der Waals surface area contributed by atoms with E-state index in [1.807, 2.05) is 0 Å². The second-order valence-corrected chi connectivity index (χ2v) is 7.64. The van der Waals surface area contributed by atoms with E-state index in [1.165, 1.54) is 0 Å². The van der Waals surface area contributed by atoms with Gasteiger partial charge in [-0.2, -0.15) is 0 Å². The number of hydrogen-bond donors (Lipinski definition) is 1. The molecule has 8 heteroatoms. The van der Waals surface area contributed by atoms with Gasteiger partial charge < -0.3 is 4.74 Å². The number of sulfonamides is 1. The maximum atomic E-state index is 12.6. The van der Waals surface area contributed by atoms with Crippen LogP contribution in [-0.4, -0.2) is 38.5 Å². The van der Waals surface area contributed by atoms with Crippen molar-refractivity contribution in [2.24, 2.45) is 0 Å². The van der Waals surface area contributed by atoms with Crippen molar-refractivity contribution >= 4 is 22.0 Å². The van der Waals surface area contributed by atoms with E-state index >= 15 is 0 Å². The molecule has 1 aliphatic rings. The van der Waals surface area contributed by atoms with Gasteiger partial charge in [-0.3, -0.25) is 4.79 Å². The molecule has 1 atom stereocenters. The minimum atomic E-state index is -3.70. The van der Waals surface area contributed by atoms with E-state index in [0.29, 0.717) is 11.1 Å². The number of ether oxygens (including phenoxy) is 1. The van der Waals surface area contributed by atoms with Crippen molar-refractivity contribution in [3.05, 3.63) is 71.8 Å². The third-order valence-electron chi connectivity index (χ3n) is 3.93. The minimum absolute atomic E-state index is 0.129. The maximum absolute atomic E-state index is 12.6. The molecule has 0 aliphatic carbocycles. The monoisotopic (exact) mass is 374 g/mol. The fraction of sp³-hybridized carbons (Fsp3) is 0.222. The first-order valence-electron chi connectivity index (χ1n) is 8.00. The van der Waals surface area contributed by atoms with Crippen LogP contribution in [0.2, 0.25) is 0 Å². The van der Waals surface area contributed by atoms with Gasteiger partial charge in [0.05, 0.1) is 18.3 Å². The highest BCUT2D eigenvalue weighted by Crippen LogP contribution is 2.19. The molecule has 3 rings (SSSR count). The standard InChI is InChI=1S/C18H18N2O5S/c21-17-12-25-18(22)20(17)11-16(15-9-5-2-6-10-15)19-26(23,24)13-14-7-3-1-4-8-14/h1-10,16,19H,11-13H2. The Labute approximate surface area is 151 Å². The van der Waals surface area contributed by atoms with Gasteiger partial charge in [0.25, 0.3) is 5.91 Å². The first-order valence-corrected chi connectivity index (χ1v) is 9.66. The highest BCUT2D eigenvalue weighted by molar-refractivity contribution is 7.88. The third kappa shape index (κ3) is 4.47. The molecule has 1 fully saturated rings. The van der Waals surface area contributed by atoms with E-state index in [1.54, 1.807) is 60.7 Å². The lowest BCUT2D eigenvalue weighted by Crippen LogP contribution is -2.40. The molecule has 7 nitrogen and oxygen atoms in total. The summed E-state index contributed by atoms with van der Waals surface area (Å²) >= 11 is 0. The summed E-state index contributed by atoms with van der Waals surface area (Å²) in [6.07, 6.45) is -0.766. The summed E-state index contributed by atoms with van der Waals surface area (Å²) in [6, 6.07) is 16.8. The van der Waals surface area contributed by atoms with Crippen LogP contribution in [0.5, 0.6) is 0 Å². The minimum Gasteiger partial charge on any atom is -0.439 e. The van der Waals surface area contributed by atoms with Crippen LogP contribution in [0.3, 0.4) is 0 Å². The summed E-state index contributed by atoms with van der Waals surface area (Å²) in [6.45, 7) is -0.452. The Balaban J connectivity index is 1.81. The number of nitrogens with zero attached hydrogens (tertiary/aromatic N) is 1. The number of hydrogen-bond acceptors (Lipinski definition) is 5. The summed E-state index contributed by atoms with van der Waals surface area (Å²) in [7, 11) is -3.70. The van der Waals surface area contributed by atoms with Gasteiger partial charge in [0, 0.05) is 0 Å². The van der Waals surface area contributed by atoms with Gasteiger partial charge in [0.1, 0.15) is 0 Å². The first-order chi connectivity index (χ1) is 12.4. The normalized spacial score (nSPS) is 15.8. The van der Waals surface area contributed by atoms with Gasteiger partial charge >= 0.3 is 6.09 Å². The SMILES string of the molecule is O=C1COC(=O)N1CC(NS(=O)(=O)Cc1ccccc1)c1ccccc1. The van der Waals surface area contributed by atoms with Crippen LogP contribution >= 0.6 is 0 Å². The van der Waals surface area contributed by atoms with Gasteiger partial charge in [-0.15, -0.1) is 0 Å². The molecule has 2 amide bonds. The predicted octanol–water partition coefficient (Wildman–Crippen LogP) is 1.83. The average molecular weight is 374 g/mol. The van der Waals surface area contributed by atoms with Crippen molar-refractivity contribution in [2.75, 3.05) is 13.2 Å². The molecular formula is C18H18N2O5S. The zero-order chi connectivity index (χ0) is 18.6. The van der Waals surface area contributed by atoms with Crippen LogP contribution in [0.1, 0.15) is 17.2 Å². The molecule has 0 radical (unpaired) electrons. The molecule has 136 valence electrons. The average Bonchev–Trinajstić information content (AvgIpc) is 2.94. The van der Waals surface area contributed by atoms with E-state index in [-0.39, 0.29) is 18.9 Å². The molecule has 1 saturated heterocycles. The van der Waals surface area contributed by atoms with Crippen molar-refractivity contribution in [1.82, 2.24) is 9.62 Å². The molecule has 1 aliphatic heterocycles. The smallest absolute Gasteiger partial charge is 0.417 e. The van der Waals surface area contributed by atoms with E-state index in [0.717, 1.165) is 4.90 Å². The molecule has 2 aromatic carbocycles. The van der Waals surface area contributed by atoms with Crippen LogP contribution in [0.25, 0.3) is 0 Å². The van der Waals surface area contributed by atoms with Crippen molar-refractivity contribution in [2.45, 2.75) is 11.8 Å². The lowest BCUT2D eigenvalue weighted by Gasteiger charge is -2.22. The number of cyclic esters (lactones) is 1. The molecule has 1 N–H and O–H groups in total. The summed E-state index contributed by atoms with van der Waals surface area (Å²) in [5.74, 6) is -0.687. The Morgan fingerprint density at radius 2 is 1.62 bits per heavy atom. The summed E-state index contributed by atoms with van der Waals surface area (Å²) in [5.41, 5.74) is 1.29. The zero-order valence-electron chi connectivity index (χ0n) is 13.9. The Kier molecular flexibility index (Phi) is 5.34. The summed E-state index contributed by atoms with van der Waals surface area (Å²) in [4.78, 5) is 24.4. The number of amides is 2. The summed E-state index contributed by atoms with van der Waals surface area (Å²) in [5, 5.41) is 0. The highest BCUT2D eigenvalue weighted by atomic mass is 32.2. The molecule has 0 saturated carbocycles. The van der Waals surface area contributed by atoms with Gasteiger partial charge in [-0.05, 0) is 11.1 Å². The largest absolute Gasteiger partial charge is 0.439 e. The number of carbonyl (C=O) groups is 2. The van der Waals surface area contributed by atoms with Crippen LogP contribution < -0.4 is 4.72 Å². The number of imide groups is 1. The molecule has 0 bridgehead atoms. The molecular weight excluding hydrogens is 356 g/mol. The fourth-order valence-electron chi connectivity index (χ4n) is 2.69. The van der Waals surface area contributed by atoms with Crippen LogP contribution in [0, 0.1) is 0 Å². The quantitative estimate of drug-likeness (QED) is 0.798. The highest BCUT2D eigenvalue weighted by Gasteiger charge is 2.34. The van der Waals surface area contributed by atoms with Gasteiger partial charge in [0.15, 0.2) is 6.61 Å². The lowest BCUT2D eigenvalue weighted by atomic mass is 10.1. The maximum Gasteiger partial charge on any atom is 0.417 e. The first kappa shape index (κ1) is 18.1. The lowest BCUT2D eigenvalue weighted by molar-refractivity contribution is -0.126. The fourth-order valence-corrected chi connectivity index (χ4v) is 4.05. The van der Waals surface area contributed by atoms with E-state index in [2.05, 4.69) is 4.72 Å². The van der Waals surface area contributed by atoms with Crippen molar-refractivity contribution in [3.8, 4) is 0 Å². The van der Waals surface area contributed by atoms with Crippen molar-refractivity contribution in [1.29, 1.82) is 0 Å². The van der Waals surface area contributed by atoms with Crippen LogP contribution in [0.15, 0.2) is 60.7 Å². The zero-order valence-corrected chi connectivity index (χ0v) is 14.7. The van der Waals surface area contributed by atoms with Crippen molar-refractivity contribution in [3.63, 3.8) is 0 Å². The van der Waals surface area contributed by atoms with Crippen molar-refractivity contribution < 1.29 is 22.7 Å². The molecule has 0 spiro atoms. The molecule has 0 aromatic heterocycles. The van der Waals surface area contributed by atoms with Gasteiger partial charge in [-0.25, -0.2) is 22.8 Å². The molecule has 2 aromatic rings. The van der Waals surface area contributed by atoms with Gasteiger partial charge in [0.2, 0.25) is 10.0 Å². The topological polar surface area (TPSA) is 92.8 Å². The second-order valence-electron chi connectivity index (χ2n) is 5.88. The molecule has 1 heterocycles. The predicted molar refractivity (Wildman–Crippen MR) is 94.4 cm³/mol. The van der Waals surface area contributed by atoms with E-state index < -0.39 is 28.1 Å². The number of rotatable bonds is 7. The molecule has 26 heavy (non-hydrogen) atoms.